The molecule has 298 valence electrons. The Morgan fingerprint density at radius 1 is 0.380 bits per heavy atom. The molecule has 13 nitrogen and oxygen atoms in total. The predicted molar refractivity (Wildman–Crippen MR) is 191 cm³/mol. The molecular weight excluding hydrogens is 652 g/mol. The van der Waals surface area contributed by atoms with Crippen LogP contribution in [0.2, 0.25) is 0 Å². The molecule has 0 aliphatic carbocycles. The van der Waals surface area contributed by atoms with Gasteiger partial charge >= 0.3 is 11.9 Å². The fourth-order valence-electron chi connectivity index (χ4n) is 4.46. The van der Waals surface area contributed by atoms with E-state index in [4.69, 9.17) is 52.1 Å². The maximum atomic E-state index is 12.0. The number of rotatable bonds is 42. The van der Waals surface area contributed by atoms with Gasteiger partial charge in [-0.25, -0.2) is 0 Å². The van der Waals surface area contributed by atoms with Gasteiger partial charge in [0.15, 0.2) is 0 Å². The van der Waals surface area contributed by atoms with Crippen molar-refractivity contribution >= 4 is 11.9 Å². The van der Waals surface area contributed by atoms with E-state index in [2.05, 4.69) is 13.8 Å². The van der Waals surface area contributed by atoms with Crippen LogP contribution >= 0.6 is 0 Å². The molecule has 0 rings (SSSR count). The Morgan fingerprint density at radius 3 is 1.06 bits per heavy atom. The molecule has 50 heavy (non-hydrogen) atoms. The van der Waals surface area contributed by atoms with Crippen LogP contribution in [0.5, 0.6) is 0 Å². The van der Waals surface area contributed by atoms with Crippen LogP contribution in [0.25, 0.3) is 0 Å². The summed E-state index contributed by atoms with van der Waals surface area (Å²) in [5.74, 6) is -0.273. The third-order valence-electron chi connectivity index (χ3n) is 7.41. The van der Waals surface area contributed by atoms with Crippen LogP contribution < -0.4 is 0 Å². The SMILES string of the molecule is CCCCCCCCC(=O)OCCOCCOCCOCCOCCOCCOCCOCCOCCOCCOC(=O)C(CC)CCCC. The van der Waals surface area contributed by atoms with E-state index in [1.54, 1.807) is 0 Å². The van der Waals surface area contributed by atoms with Crippen molar-refractivity contribution < 1.29 is 61.7 Å². The van der Waals surface area contributed by atoms with Crippen molar-refractivity contribution in [3.8, 4) is 0 Å². The number of esters is 2. The van der Waals surface area contributed by atoms with Gasteiger partial charge in [0.2, 0.25) is 0 Å². The van der Waals surface area contributed by atoms with Gasteiger partial charge in [-0.3, -0.25) is 9.59 Å². The minimum atomic E-state index is -0.146. The van der Waals surface area contributed by atoms with Gasteiger partial charge < -0.3 is 52.1 Å². The molecule has 0 heterocycles. The van der Waals surface area contributed by atoms with Gasteiger partial charge in [-0.2, -0.15) is 0 Å². The van der Waals surface area contributed by atoms with Gasteiger partial charge in [-0.1, -0.05) is 65.7 Å². The number of hydrogen-bond acceptors (Lipinski definition) is 13. The Kier molecular flexibility index (Phi) is 40.8. The third-order valence-corrected chi connectivity index (χ3v) is 7.41. The van der Waals surface area contributed by atoms with Crippen molar-refractivity contribution in [3.63, 3.8) is 0 Å². The zero-order valence-corrected chi connectivity index (χ0v) is 31.8. The van der Waals surface area contributed by atoms with E-state index in [9.17, 15) is 9.59 Å². The molecule has 0 radical (unpaired) electrons. The van der Waals surface area contributed by atoms with Crippen molar-refractivity contribution in [2.45, 2.75) is 91.4 Å². The molecule has 1 unspecified atom stereocenters. The van der Waals surface area contributed by atoms with Crippen LogP contribution in [0, 0.1) is 5.92 Å². The van der Waals surface area contributed by atoms with Crippen molar-refractivity contribution in [1.82, 2.24) is 0 Å². The number of unbranched alkanes of at least 4 members (excludes halogenated alkanes) is 6. The van der Waals surface area contributed by atoms with E-state index in [0.717, 1.165) is 38.5 Å². The van der Waals surface area contributed by atoms with Gasteiger partial charge in [0, 0.05) is 6.42 Å². The summed E-state index contributed by atoms with van der Waals surface area (Å²) >= 11 is 0. The van der Waals surface area contributed by atoms with Crippen LogP contribution in [0.15, 0.2) is 0 Å². The van der Waals surface area contributed by atoms with Crippen molar-refractivity contribution in [3.05, 3.63) is 0 Å². The van der Waals surface area contributed by atoms with Crippen molar-refractivity contribution in [1.29, 1.82) is 0 Å². The Labute approximate surface area is 302 Å². The molecule has 0 bridgehead atoms. The van der Waals surface area contributed by atoms with Gasteiger partial charge in [0.1, 0.15) is 13.2 Å². The molecule has 0 aromatic carbocycles. The number of hydrogen-bond donors (Lipinski definition) is 0. The highest BCUT2D eigenvalue weighted by atomic mass is 16.6. The van der Waals surface area contributed by atoms with E-state index in [-0.39, 0.29) is 31.1 Å². The lowest BCUT2D eigenvalue weighted by atomic mass is 10.00. The monoisotopic (exact) mass is 724 g/mol. The first-order valence-corrected chi connectivity index (χ1v) is 19.2. The second kappa shape index (κ2) is 42.0. The van der Waals surface area contributed by atoms with Crippen molar-refractivity contribution in [2.24, 2.45) is 5.92 Å². The van der Waals surface area contributed by atoms with Gasteiger partial charge in [0.05, 0.1) is 125 Å². The lowest BCUT2D eigenvalue weighted by molar-refractivity contribution is -0.150. The Bertz CT molecular complexity index is 698. The van der Waals surface area contributed by atoms with Crippen LogP contribution in [-0.4, -0.2) is 144 Å². The third kappa shape index (κ3) is 37.8. The molecule has 0 N–H and O–H groups in total. The van der Waals surface area contributed by atoms with Crippen LogP contribution in [0.4, 0.5) is 0 Å². The van der Waals surface area contributed by atoms with E-state index in [1.165, 1.54) is 25.7 Å². The molecule has 0 amide bonds. The summed E-state index contributed by atoms with van der Waals surface area (Å²) in [5.41, 5.74) is 0. The molecule has 0 fully saturated rings. The van der Waals surface area contributed by atoms with E-state index in [1.807, 2.05) is 6.92 Å². The molecule has 0 aromatic heterocycles. The highest BCUT2D eigenvalue weighted by molar-refractivity contribution is 5.72. The average Bonchev–Trinajstić information content (AvgIpc) is 3.12. The first-order valence-electron chi connectivity index (χ1n) is 19.2. The normalized spacial score (nSPS) is 12.0. The van der Waals surface area contributed by atoms with Gasteiger partial charge in [0.25, 0.3) is 0 Å². The van der Waals surface area contributed by atoms with Crippen LogP contribution in [0.1, 0.15) is 91.4 Å². The molecule has 0 spiro atoms. The summed E-state index contributed by atoms with van der Waals surface area (Å²) in [4.78, 5) is 23.7. The second-order valence-electron chi connectivity index (χ2n) is 11.7. The van der Waals surface area contributed by atoms with Gasteiger partial charge in [-0.15, -0.1) is 0 Å². The summed E-state index contributed by atoms with van der Waals surface area (Å²) < 4.78 is 59.7. The molecule has 1 atom stereocenters. The summed E-state index contributed by atoms with van der Waals surface area (Å²) in [7, 11) is 0. The van der Waals surface area contributed by atoms with E-state index < -0.39 is 0 Å². The fourth-order valence-corrected chi connectivity index (χ4v) is 4.46. The maximum absolute atomic E-state index is 12.0. The van der Waals surface area contributed by atoms with Crippen LogP contribution in [-0.2, 0) is 61.7 Å². The highest BCUT2D eigenvalue weighted by Gasteiger charge is 2.17. The van der Waals surface area contributed by atoms with Gasteiger partial charge in [-0.05, 0) is 19.3 Å². The smallest absolute Gasteiger partial charge is 0.308 e. The minimum absolute atomic E-state index is 0.00582. The highest BCUT2D eigenvalue weighted by Crippen LogP contribution is 2.14. The molecule has 0 saturated heterocycles. The Morgan fingerprint density at radius 2 is 0.700 bits per heavy atom. The van der Waals surface area contributed by atoms with E-state index >= 15 is 0 Å². The van der Waals surface area contributed by atoms with Crippen molar-refractivity contribution in [2.75, 3.05) is 132 Å². The minimum Gasteiger partial charge on any atom is -0.463 e. The molecule has 0 aromatic rings. The molecular formula is C37H72O13. The predicted octanol–water partition coefficient (Wildman–Crippen LogP) is 5.19. The first kappa shape index (κ1) is 48.6. The molecule has 13 heteroatoms. The number of carbonyl (C=O) groups is 2. The quantitative estimate of drug-likeness (QED) is 0.0604. The Balaban J connectivity index is 3.18. The summed E-state index contributed by atoms with van der Waals surface area (Å²) in [5, 5.41) is 0. The zero-order valence-electron chi connectivity index (χ0n) is 31.8. The summed E-state index contributed by atoms with van der Waals surface area (Å²) in [6.07, 6.45) is 11.2. The largest absolute Gasteiger partial charge is 0.463 e. The topological polar surface area (TPSA) is 136 Å². The first-order chi connectivity index (χ1) is 24.7. The number of ether oxygens (including phenoxy) is 11. The zero-order chi connectivity index (χ0) is 36.4. The second-order valence-corrected chi connectivity index (χ2v) is 11.7. The lowest BCUT2D eigenvalue weighted by Gasteiger charge is -2.13. The summed E-state index contributed by atoms with van der Waals surface area (Å²) in [6, 6.07) is 0. The standard InChI is InChI=1S/C37H72O13/c1-4-7-9-10-11-12-14-36(38)49-33-31-47-29-27-45-25-23-43-21-19-41-17-15-40-16-18-42-20-22-44-24-26-46-28-30-48-32-34-50-37(39)35(6-3)13-8-5-2/h35H,4-34H2,1-3H3. The molecule has 0 aliphatic rings. The summed E-state index contributed by atoms with van der Waals surface area (Å²) in [6.45, 7) is 15.3. The number of carbonyl (C=O) groups excluding carboxylic acids is 2. The average molecular weight is 725 g/mol. The lowest BCUT2D eigenvalue weighted by Crippen LogP contribution is -2.20. The molecule has 0 saturated carbocycles. The van der Waals surface area contributed by atoms with Crippen LogP contribution in [0.3, 0.4) is 0 Å². The van der Waals surface area contributed by atoms with E-state index in [0.29, 0.717) is 125 Å². The molecule has 0 aliphatic heterocycles. The Hall–Kier alpha value is -1.42. The fraction of sp³-hybridized carbons (Fsp3) is 0.946. The maximum Gasteiger partial charge on any atom is 0.308 e.